The Labute approximate surface area is 113 Å². The van der Waals surface area contributed by atoms with Gasteiger partial charge in [0.1, 0.15) is 0 Å². The lowest BCUT2D eigenvalue weighted by Crippen LogP contribution is -2.37. The molecule has 0 aliphatic heterocycles. The predicted molar refractivity (Wildman–Crippen MR) is 78.4 cm³/mol. The minimum absolute atomic E-state index is 0.0329. The van der Waals surface area contributed by atoms with Crippen molar-refractivity contribution in [3.05, 3.63) is 40.8 Å². The van der Waals surface area contributed by atoms with Crippen LogP contribution >= 0.6 is 0 Å². The van der Waals surface area contributed by atoms with Gasteiger partial charge < -0.3 is 9.88 Å². The summed E-state index contributed by atoms with van der Waals surface area (Å²) < 4.78 is 1.80. The number of nitrogens with zero attached hydrogens (tertiary/aromatic N) is 2. The number of para-hydroxylation sites is 2. The molecule has 0 radical (unpaired) electrons. The van der Waals surface area contributed by atoms with Gasteiger partial charge in [0.25, 0.3) is 5.56 Å². The summed E-state index contributed by atoms with van der Waals surface area (Å²) in [5, 5.41) is 3.43. The quantitative estimate of drug-likeness (QED) is 0.856. The first-order chi connectivity index (χ1) is 8.97. The Kier molecular flexibility index (Phi) is 4.00. The molecular formula is C15H21N3O. The summed E-state index contributed by atoms with van der Waals surface area (Å²) in [5.74, 6) is 0. The van der Waals surface area contributed by atoms with Crippen molar-refractivity contribution < 1.29 is 0 Å². The number of hydrogen-bond donors (Lipinski definition) is 1. The minimum atomic E-state index is -0.0329. The van der Waals surface area contributed by atoms with E-state index >= 15 is 0 Å². The molecular weight excluding hydrogens is 238 g/mol. The SMILES string of the molecule is CC(C)(C)NCCCn1c(=O)cnc2ccccc21. The molecule has 0 aliphatic carbocycles. The average molecular weight is 259 g/mol. The summed E-state index contributed by atoms with van der Waals surface area (Å²) in [6.07, 6.45) is 2.32. The third-order valence-corrected chi connectivity index (χ3v) is 2.97. The van der Waals surface area contributed by atoms with Crippen molar-refractivity contribution >= 4 is 11.0 Å². The fraction of sp³-hybridized carbons (Fsp3) is 0.467. The monoisotopic (exact) mass is 259 g/mol. The van der Waals surface area contributed by atoms with Crippen LogP contribution in [-0.4, -0.2) is 21.6 Å². The van der Waals surface area contributed by atoms with Crippen LogP contribution in [-0.2, 0) is 6.54 Å². The molecule has 0 fully saturated rings. The van der Waals surface area contributed by atoms with Crippen molar-refractivity contribution in [1.29, 1.82) is 0 Å². The second-order valence-corrected chi connectivity index (χ2v) is 5.77. The Morgan fingerprint density at radius 2 is 2.00 bits per heavy atom. The van der Waals surface area contributed by atoms with Crippen molar-refractivity contribution in [3.63, 3.8) is 0 Å². The van der Waals surface area contributed by atoms with E-state index < -0.39 is 0 Å². The van der Waals surface area contributed by atoms with Crippen LogP contribution in [0.15, 0.2) is 35.3 Å². The second kappa shape index (κ2) is 5.53. The van der Waals surface area contributed by atoms with Crippen molar-refractivity contribution in [1.82, 2.24) is 14.9 Å². The Hall–Kier alpha value is -1.68. The van der Waals surface area contributed by atoms with Crippen LogP contribution in [0.2, 0.25) is 0 Å². The maximum absolute atomic E-state index is 11.9. The second-order valence-electron chi connectivity index (χ2n) is 5.77. The van der Waals surface area contributed by atoms with Gasteiger partial charge in [-0.2, -0.15) is 0 Å². The molecule has 0 saturated carbocycles. The minimum Gasteiger partial charge on any atom is -0.312 e. The average Bonchev–Trinajstić information content (AvgIpc) is 2.35. The molecule has 0 aliphatic rings. The zero-order valence-electron chi connectivity index (χ0n) is 11.8. The van der Waals surface area contributed by atoms with E-state index in [1.165, 1.54) is 6.20 Å². The first-order valence-electron chi connectivity index (χ1n) is 6.67. The highest BCUT2D eigenvalue weighted by Crippen LogP contribution is 2.08. The van der Waals surface area contributed by atoms with Crippen LogP contribution < -0.4 is 10.9 Å². The van der Waals surface area contributed by atoms with E-state index in [9.17, 15) is 4.79 Å². The van der Waals surface area contributed by atoms with Crippen molar-refractivity contribution in [3.8, 4) is 0 Å². The number of hydrogen-bond acceptors (Lipinski definition) is 3. The molecule has 1 N–H and O–H groups in total. The van der Waals surface area contributed by atoms with E-state index in [1.807, 2.05) is 24.3 Å². The number of nitrogens with one attached hydrogen (secondary N) is 1. The predicted octanol–water partition coefficient (Wildman–Crippen LogP) is 2.17. The van der Waals surface area contributed by atoms with Crippen LogP contribution in [0.1, 0.15) is 27.2 Å². The largest absolute Gasteiger partial charge is 0.312 e. The highest BCUT2D eigenvalue weighted by molar-refractivity contribution is 5.74. The van der Waals surface area contributed by atoms with E-state index in [0.29, 0.717) is 6.54 Å². The van der Waals surface area contributed by atoms with Crippen LogP contribution in [0, 0.1) is 0 Å². The van der Waals surface area contributed by atoms with Gasteiger partial charge in [-0.25, -0.2) is 4.98 Å². The molecule has 2 rings (SSSR count). The Bertz CT molecular complexity index is 611. The Morgan fingerprint density at radius 1 is 1.26 bits per heavy atom. The number of rotatable bonds is 4. The zero-order valence-corrected chi connectivity index (χ0v) is 11.8. The van der Waals surface area contributed by atoms with Gasteiger partial charge >= 0.3 is 0 Å². The fourth-order valence-electron chi connectivity index (χ4n) is 2.05. The van der Waals surface area contributed by atoms with Crippen LogP contribution in [0.3, 0.4) is 0 Å². The van der Waals surface area contributed by atoms with Crippen LogP contribution in [0.25, 0.3) is 11.0 Å². The van der Waals surface area contributed by atoms with Gasteiger partial charge in [-0.1, -0.05) is 12.1 Å². The molecule has 1 aromatic heterocycles. The van der Waals surface area contributed by atoms with E-state index in [4.69, 9.17) is 0 Å². The molecule has 0 saturated heterocycles. The van der Waals surface area contributed by atoms with Gasteiger partial charge in [0, 0.05) is 12.1 Å². The maximum Gasteiger partial charge on any atom is 0.269 e. The van der Waals surface area contributed by atoms with Gasteiger partial charge in [-0.05, 0) is 45.9 Å². The summed E-state index contributed by atoms with van der Waals surface area (Å²) >= 11 is 0. The smallest absolute Gasteiger partial charge is 0.269 e. The Morgan fingerprint density at radius 3 is 2.74 bits per heavy atom. The molecule has 2 aromatic rings. The number of fused-ring (bicyclic) bond motifs is 1. The lowest BCUT2D eigenvalue weighted by atomic mass is 10.1. The highest BCUT2D eigenvalue weighted by atomic mass is 16.1. The third-order valence-electron chi connectivity index (χ3n) is 2.97. The third kappa shape index (κ3) is 3.64. The maximum atomic E-state index is 11.9. The molecule has 0 bridgehead atoms. The molecule has 0 amide bonds. The van der Waals surface area contributed by atoms with E-state index in [1.54, 1.807) is 4.57 Å². The van der Waals surface area contributed by atoms with E-state index in [2.05, 4.69) is 31.1 Å². The highest BCUT2D eigenvalue weighted by Gasteiger charge is 2.08. The molecule has 0 unspecified atom stereocenters. The van der Waals surface area contributed by atoms with Gasteiger partial charge in [0.05, 0.1) is 17.2 Å². The van der Waals surface area contributed by atoms with Gasteiger partial charge in [-0.15, -0.1) is 0 Å². The normalized spacial score (nSPS) is 11.9. The fourth-order valence-corrected chi connectivity index (χ4v) is 2.05. The Balaban J connectivity index is 2.12. The molecule has 4 nitrogen and oxygen atoms in total. The zero-order chi connectivity index (χ0) is 13.9. The molecule has 1 aromatic carbocycles. The first-order valence-corrected chi connectivity index (χ1v) is 6.67. The van der Waals surface area contributed by atoms with Crippen LogP contribution in [0.4, 0.5) is 0 Å². The molecule has 0 atom stereocenters. The molecule has 4 heteroatoms. The summed E-state index contributed by atoms with van der Waals surface area (Å²) in [6, 6.07) is 7.75. The number of benzene rings is 1. The van der Waals surface area contributed by atoms with Crippen molar-refractivity contribution in [2.45, 2.75) is 39.3 Å². The first kappa shape index (κ1) is 13.7. The lowest BCUT2D eigenvalue weighted by molar-refractivity contribution is 0.413. The molecule has 102 valence electrons. The van der Waals surface area contributed by atoms with Gasteiger partial charge in [0.15, 0.2) is 0 Å². The molecule has 0 spiro atoms. The summed E-state index contributed by atoms with van der Waals surface area (Å²) in [6.45, 7) is 8.03. The topological polar surface area (TPSA) is 46.9 Å². The molecule has 1 heterocycles. The van der Waals surface area contributed by atoms with Crippen molar-refractivity contribution in [2.75, 3.05) is 6.54 Å². The number of aryl methyl sites for hydroxylation is 1. The van der Waals surface area contributed by atoms with Gasteiger partial charge in [0.2, 0.25) is 0 Å². The summed E-state index contributed by atoms with van der Waals surface area (Å²) in [7, 11) is 0. The van der Waals surface area contributed by atoms with E-state index in [-0.39, 0.29) is 11.1 Å². The molecule has 19 heavy (non-hydrogen) atoms. The number of aromatic nitrogens is 2. The van der Waals surface area contributed by atoms with Crippen LogP contribution in [0.5, 0.6) is 0 Å². The van der Waals surface area contributed by atoms with Gasteiger partial charge in [-0.3, -0.25) is 4.79 Å². The standard InChI is InChI=1S/C15H21N3O/c1-15(2,3)17-9-6-10-18-13-8-5-4-7-12(13)16-11-14(18)19/h4-5,7-8,11,17H,6,9-10H2,1-3H3. The lowest BCUT2D eigenvalue weighted by Gasteiger charge is -2.20. The van der Waals surface area contributed by atoms with E-state index in [0.717, 1.165) is 24.0 Å². The summed E-state index contributed by atoms with van der Waals surface area (Å²) in [4.78, 5) is 16.1. The van der Waals surface area contributed by atoms with Crippen molar-refractivity contribution in [2.24, 2.45) is 0 Å². The summed E-state index contributed by atoms with van der Waals surface area (Å²) in [5.41, 5.74) is 1.86.